The molecule has 1 N–H and O–H groups in total. The molecule has 9 heteroatoms. The highest BCUT2D eigenvalue weighted by molar-refractivity contribution is 6.31. The van der Waals surface area contributed by atoms with Gasteiger partial charge in [0, 0.05) is 50.8 Å². The molecule has 0 bridgehead atoms. The molecule has 28 heavy (non-hydrogen) atoms. The lowest BCUT2D eigenvalue weighted by molar-refractivity contribution is -0.139. The van der Waals surface area contributed by atoms with Crippen LogP contribution in [0.3, 0.4) is 0 Å². The number of morpholine rings is 1. The van der Waals surface area contributed by atoms with E-state index in [0.717, 1.165) is 25.1 Å². The van der Waals surface area contributed by atoms with Gasteiger partial charge in [-0.1, -0.05) is 17.7 Å². The first kappa shape index (κ1) is 19.4. The van der Waals surface area contributed by atoms with E-state index in [2.05, 4.69) is 10.2 Å². The first-order valence-electron chi connectivity index (χ1n) is 9.61. The van der Waals surface area contributed by atoms with Crippen LogP contribution in [-0.4, -0.2) is 84.7 Å². The topological polar surface area (TPSA) is 65.1 Å². The summed E-state index contributed by atoms with van der Waals surface area (Å²) in [7, 11) is 0. The highest BCUT2D eigenvalue weighted by Gasteiger charge is 2.37. The van der Waals surface area contributed by atoms with Gasteiger partial charge in [-0.2, -0.15) is 0 Å². The Balaban J connectivity index is 1.28. The van der Waals surface area contributed by atoms with Crippen molar-refractivity contribution in [2.24, 2.45) is 0 Å². The fourth-order valence-electron chi connectivity index (χ4n) is 4.06. The van der Waals surface area contributed by atoms with E-state index in [1.54, 1.807) is 6.07 Å². The van der Waals surface area contributed by atoms with Crippen LogP contribution in [-0.2, 0) is 16.1 Å². The van der Waals surface area contributed by atoms with Crippen molar-refractivity contribution in [3.05, 3.63) is 34.6 Å². The summed E-state index contributed by atoms with van der Waals surface area (Å²) in [6.45, 7) is 4.60. The first-order valence-corrected chi connectivity index (χ1v) is 9.98. The Hall–Kier alpha value is -1.90. The molecule has 0 spiro atoms. The van der Waals surface area contributed by atoms with E-state index < -0.39 is 0 Å². The number of hydrogen-bond acceptors (Lipinski definition) is 4. The summed E-state index contributed by atoms with van der Waals surface area (Å²) >= 11 is 6.12. The number of piperazine rings is 1. The standard InChI is InChI=1S/C19H24ClFN4O3/c20-15-9-14(21)2-1-13(15)10-23-5-7-24(8-6-23)19(27)25-4-3-17-16(11-25)22-18(26)12-28-17/h1-2,9,16-17H,3-8,10-12H2,(H,22,26)/t16-,17+/m1/s1. The Bertz CT molecular complexity index is 757. The number of piperidine rings is 1. The smallest absolute Gasteiger partial charge is 0.320 e. The second kappa shape index (κ2) is 8.23. The lowest BCUT2D eigenvalue weighted by Gasteiger charge is -2.43. The van der Waals surface area contributed by atoms with Gasteiger partial charge in [-0.3, -0.25) is 9.69 Å². The van der Waals surface area contributed by atoms with Crippen molar-refractivity contribution >= 4 is 23.5 Å². The number of benzene rings is 1. The van der Waals surface area contributed by atoms with Crippen molar-refractivity contribution in [2.75, 3.05) is 45.9 Å². The van der Waals surface area contributed by atoms with Crippen molar-refractivity contribution < 1.29 is 18.7 Å². The molecule has 152 valence electrons. The Morgan fingerprint density at radius 1 is 1.21 bits per heavy atom. The molecule has 0 aliphatic carbocycles. The Morgan fingerprint density at radius 3 is 2.75 bits per heavy atom. The first-order chi connectivity index (χ1) is 13.5. The minimum absolute atomic E-state index is 0.000875. The number of nitrogens with zero attached hydrogens (tertiary/aromatic N) is 3. The van der Waals surface area contributed by atoms with Gasteiger partial charge < -0.3 is 19.9 Å². The van der Waals surface area contributed by atoms with Crippen LogP contribution in [0, 0.1) is 5.82 Å². The molecule has 4 rings (SSSR count). The van der Waals surface area contributed by atoms with Crippen LogP contribution in [0.4, 0.5) is 9.18 Å². The van der Waals surface area contributed by atoms with E-state index >= 15 is 0 Å². The molecule has 3 aliphatic heterocycles. The molecule has 0 radical (unpaired) electrons. The van der Waals surface area contributed by atoms with Gasteiger partial charge in [-0.15, -0.1) is 0 Å². The number of likely N-dealkylation sites (tertiary alicyclic amines) is 1. The zero-order chi connectivity index (χ0) is 19.7. The maximum Gasteiger partial charge on any atom is 0.320 e. The summed E-state index contributed by atoms with van der Waals surface area (Å²) in [4.78, 5) is 30.3. The van der Waals surface area contributed by atoms with Gasteiger partial charge >= 0.3 is 6.03 Å². The second-order valence-corrected chi connectivity index (χ2v) is 7.95. The second-order valence-electron chi connectivity index (χ2n) is 7.54. The molecule has 0 aromatic heterocycles. The summed E-state index contributed by atoms with van der Waals surface area (Å²) in [6.07, 6.45) is 0.735. The van der Waals surface area contributed by atoms with Gasteiger partial charge in [-0.05, 0) is 24.1 Å². The van der Waals surface area contributed by atoms with Crippen LogP contribution >= 0.6 is 11.6 Å². The predicted octanol–water partition coefficient (Wildman–Crippen LogP) is 1.31. The molecular formula is C19H24ClFN4O3. The number of rotatable bonds is 2. The highest BCUT2D eigenvalue weighted by atomic mass is 35.5. The van der Waals surface area contributed by atoms with Crippen LogP contribution in [0.5, 0.6) is 0 Å². The molecule has 3 aliphatic rings. The fourth-order valence-corrected chi connectivity index (χ4v) is 4.29. The van der Waals surface area contributed by atoms with Crippen molar-refractivity contribution in [1.29, 1.82) is 0 Å². The molecule has 3 amide bonds. The molecule has 2 atom stereocenters. The van der Waals surface area contributed by atoms with Gasteiger partial charge in [0.15, 0.2) is 0 Å². The monoisotopic (exact) mass is 410 g/mol. The van der Waals surface area contributed by atoms with E-state index in [1.165, 1.54) is 12.1 Å². The molecule has 7 nitrogen and oxygen atoms in total. The zero-order valence-electron chi connectivity index (χ0n) is 15.6. The van der Waals surface area contributed by atoms with Gasteiger partial charge in [0.25, 0.3) is 0 Å². The lowest BCUT2D eigenvalue weighted by Crippen LogP contribution is -2.63. The average molecular weight is 411 g/mol. The third-order valence-electron chi connectivity index (χ3n) is 5.65. The fraction of sp³-hybridized carbons (Fsp3) is 0.579. The summed E-state index contributed by atoms with van der Waals surface area (Å²) < 4.78 is 18.7. The minimum Gasteiger partial charge on any atom is -0.366 e. The quantitative estimate of drug-likeness (QED) is 0.798. The van der Waals surface area contributed by atoms with E-state index in [9.17, 15) is 14.0 Å². The van der Waals surface area contributed by atoms with Crippen molar-refractivity contribution in [2.45, 2.75) is 25.1 Å². The van der Waals surface area contributed by atoms with Crippen molar-refractivity contribution in [1.82, 2.24) is 20.0 Å². The number of carbonyl (C=O) groups is 2. The van der Waals surface area contributed by atoms with E-state index in [0.29, 0.717) is 37.7 Å². The summed E-state index contributed by atoms with van der Waals surface area (Å²) in [5, 5.41) is 3.35. The number of hydrogen-bond donors (Lipinski definition) is 1. The molecule has 0 saturated carbocycles. The van der Waals surface area contributed by atoms with Crippen LogP contribution in [0.15, 0.2) is 18.2 Å². The third kappa shape index (κ3) is 4.24. The third-order valence-corrected chi connectivity index (χ3v) is 6.00. The molecule has 3 saturated heterocycles. The molecular weight excluding hydrogens is 387 g/mol. The number of urea groups is 1. The zero-order valence-corrected chi connectivity index (χ0v) is 16.3. The van der Waals surface area contributed by atoms with E-state index in [4.69, 9.17) is 16.3 Å². The van der Waals surface area contributed by atoms with Crippen LogP contribution in [0.2, 0.25) is 5.02 Å². The summed E-state index contributed by atoms with van der Waals surface area (Å²) in [6, 6.07) is 4.34. The summed E-state index contributed by atoms with van der Waals surface area (Å²) in [5.41, 5.74) is 0.887. The molecule has 0 unspecified atom stereocenters. The molecule has 1 aromatic rings. The van der Waals surface area contributed by atoms with Gasteiger partial charge in [0.2, 0.25) is 5.91 Å². The van der Waals surface area contributed by atoms with Crippen LogP contribution in [0.25, 0.3) is 0 Å². The van der Waals surface area contributed by atoms with Gasteiger partial charge in [0.05, 0.1) is 12.1 Å². The Kier molecular flexibility index (Phi) is 5.70. The average Bonchev–Trinajstić information content (AvgIpc) is 2.69. The van der Waals surface area contributed by atoms with E-state index in [1.807, 2.05) is 9.80 Å². The minimum atomic E-state index is -0.340. The number of nitrogens with one attached hydrogen (secondary N) is 1. The molecule has 3 fully saturated rings. The number of amides is 3. The number of fused-ring (bicyclic) bond motifs is 1. The maximum absolute atomic E-state index is 13.2. The van der Waals surface area contributed by atoms with Gasteiger partial charge in [0.1, 0.15) is 12.4 Å². The Morgan fingerprint density at radius 2 is 2.00 bits per heavy atom. The molecule has 1 aromatic carbocycles. The number of carbonyl (C=O) groups excluding carboxylic acids is 2. The number of ether oxygens (including phenoxy) is 1. The lowest BCUT2D eigenvalue weighted by atomic mass is 10.0. The molecule has 3 heterocycles. The van der Waals surface area contributed by atoms with Gasteiger partial charge in [-0.25, -0.2) is 9.18 Å². The summed E-state index contributed by atoms with van der Waals surface area (Å²) in [5.74, 6) is -0.462. The van der Waals surface area contributed by atoms with Crippen LogP contribution < -0.4 is 5.32 Å². The van der Waals surface area contributed by atoms with E-state index in [-0.39, 0.29) is 36.5 Å². The van der Waals surface area contributed by atoms with Crippen LogP contribution in [0.1, 0.15) is 12.0 Å². The number of halogens is 2. The normalized spacial score (nSPS) is 26.0. The largest absolute Gasteiger partial charge is 0.366 e. The SMILES string of the molecule is O=C1CO[C@H]2CCN(C(=O)N3CCN(Cc4ccc(F)cc4Cl)CC3)C[C@H]2N1. The van der Waals surface area contributed by atoms with Crippen molar-refractivity contribution in [3.8, 4) is 0 Å². The predicted molar refractivity (Wildman–Crippen MR) is 102 cm³/mol. The van der Waals surface area contributed by atoms with Crippen molar-refractivity contribution in [3.63, 3.8) is 0 Å². The maximum atomic E-state index is 13.2. The highest BCUT2D eigenvalue weighted by Crippen LogP contribution is 2.21. The Labute approximate surface area is 168 Å².